The van der Waals surface area contributed by atoms with Gasteiger partial charge in [-0.15, -0.1) is 0 Å². The fourth-order valence-electron chi connectivity index (χ4n) is 9.49. The number of fused-ring (bicyclic) bond motifs is 2. The number of carbonyl (C=O) groups excluding carboxylic acids is 1. The lowest BCUT2D eigenvalue weighted by Gasteiger charge is -2.26. The number of rotatable bonds is 20. The summed E-state index contributed by atoms with van der Waals surface area (Å²) in [5.74, 6) is 3.34. The molecule has 0 bridgehead atoms. The van der Waals surface area contributed by atoms with E-state index in [0.717, 1.165) is 77.1 Å². The Morgan fingerprint density at radius 2 is 1.11 bits per heavy atom. The van der Waals surface area contributed by atoms with Gasteiger partial charge in [-0.05, 0) is 119 Å². The molecule has 76 heavy (non-hydrogen) atoms. The first-order valence-corrected chi connectivity index (χ1v) is 25.8. The van der Waals surface area contributed by atoms with Gasteiger partial charge >= 0.3 is 0 Å². The molecule has 4 aromatic heterocycles. The van der Waals surface area contributed by atoms with Gasteiger partial charge in [0.2, 0.25) is 17.8 Å². The molecule has 1 amide bonds. The summed E-state index contributed by atoms with van der Waals surface area (Å²) in [7, 11) is 19.6. The molecule has 2 aliphatic rings. The number of hydrogen-bond donors (Lipinski definition) is 4. The van der Waals surface area contributed by atoms with E-state index in [1.54, 1.807) is 26.6 Å². The zero-order valence-corrected chi connectivity index (χ0v) is 45.6. The zero-order valence-electron chi connectivity index (χ0n) is 45.6. The van der Waals surface area contributed by atoms with Crippen LogP contribution in [0.4, 0.5) is 46.0 Å². The van der Waals surface area contributed by atoms with Gasteiger partial charge in [0.15, 0.2) is 0 Å². The van der Waals surface area contributed by atoms with Crippen LogP contribution in [0, 0.1) is 0 Å². The van der Waals surface area contributed by atoms with Gasteiger partial charge in [-0.2, -0.15) is 0 Å². The molecular formula is C59H72N14O3. The van der Waals surface area contributed by atoms with Crippen molar-refractivity contribution in [1.82, 2.24) is 38.9 Å². The van der Waals surface area contributed by atoms with Gasteiger partial charge in [0.1, 0.15) is 11.5 Å². The summed E-state index contributed by atoms with van der Waals surface area (Å²) < 4.78 is 15.8. The summed E-state index contributed by atoms with van der Waals surface area (Å²) in [6, 6.07) is 25.0. The number of carbonyl (C=O) groups is 1. The van der Waals surface area contributed by atoms with Gasteiger partial charge in [-0.25, -0.2) is 19.9 Å². The summed E-state index contributed by atoms with van der Waals surface area (Å²) >= 11 is 0. The van der Waals surface area contributed by atoms with Gasteiger partial charge in [0.05, 0.1) is 59.7 Å². The standard InChI is InChI=1S/C31H37N7O2.C28H35N7O/c1-7-30(39)33-25-17-26(29(40-6)18-28(25)37(4)15-14-36(2)3)35-31-32-13-12-24(34-31)23-19-38(5)27-16-21(20-8-9-20)10-11-22(23)27;1-33(2)12-13-34(3)26-16-27(36-5)24(15-22(26)29)32-28-30-11-10-23(31-28)21-17-35(4)25-14-19(18-6-7-18)8-9-20(21)25/h7,10-13,16-20H,1,8-9,14-15H2,2-6H3,(H,33,39)(H,32,34,35);8-11,14-18H,6-7,12-13,29H2,1-5H3,(H,30,31,32). The van der Waals surface area contributed by atoms with Crippen LogP contribution in [0.15, 0.2) is 110 Å². The van der Waals surface area contributed by atoms with E-state index in [0.29, 0.717) is 46.4 Å². The predicted octanol–water partition coefficient (Wildman–Crippen LogP) is 10.2. The van der Waals surface area contributed by atoms with Gasteiger partial charge in [0.25, 0.3) is 0 Å². The Hall–Kier alpha value is -8.15. The molecule has 0 saturated heterocycles. The molecule has 0 spiro atoms. The summed E-state index contributed by atoms with van der Waals surface area (Å²) in [5, 5.41) is 11.9. The van der Waals surface area contributed by atoms with Crippen molar-refractivity contribution < 1.29 is 14.3 Å². The van der Waals surface area contributed by atoms with E-state index < -0.39 is 0 Å². The van der Waals surface area contributed by atoms with Crippen LogP contribution in [0.2, 0.25) is 0 Å². The van der Waals surface area contributed by atoms with E-state index in [4.69, 9.17) is 25.2 Å². The number of likely N-dealkylation sites (N-methyl/N-ethyl adjacent to an activating group) is 4. The first kappa shape index (κ1) is 52.7. The lowest BCUT2D eigenvalue weighted by molar-refractivity contribution is -0.111. The zero-order chi connectivity index (χ0) is 53.8. The number of anilines is 8. The van der Waals surface area contributed by atoms with Crippen LogP contribution in [0.5, 0.6) is 11.5 Å². The molecule has 0 unspecified atom stereocenters. The molecule has 4 heterocycles. The maximum Gasteiger partial charge on any atom is 0.247 e. The minimum atomic E-state index is -0.294. The molecule has 2 fully saturated rings. The van der Waals surface area contributed by atoms with Crippen molar-refractivity contribution in [3.8, 4) is 34.0 Å². The van der Waals surface area contributed by atoms with E-state index in [2.05, 4.69) is 138 Å². The molecular weight excluding hydrogens is 953 g/mol. The molecule has 17 nitrogen and oxygen atoms in total. The third-order valence-electron chi connectivity index (χ3n) is 14.2. The SMILES string of the molecule is C=CC(=O)Nc1cc(Nc2nccc(-c3cn(C)c4cc(C5CC5)ccc34)n2)c(OC)cc1N(C)CCN(C)C.COc1cc(N(C)CCN(C)C)c(N)cc1Nc1nccc(-c2cn(C)c3cc(C4CC4)ccc23)n1. The maximum atomic E-state index is 12.3. The number of aromatic nitrogens is 6. The topological polar surface area (TPSA) is 172 Å². The van der Waals surface area contributed by atoms with E-state index >= 15 is 0 Å². The second-order valence-corrected chi connectivity index (χ2v) is 20.5. The van der Waals surface area contributed by atoms with Crippen molar-refractivity contribution >= 4 is 73.7 Å². The number of nitrogen functional groups attached to an aromatic ring is 1. The molecule has 8 aromatic rings. The van der Waals surface area contributed by atoms with E-state index in [9.17, 15) is 4.79 Å². The van der Waals surface area contributed by atoms with Crippen LogP contribution in [0.1, 0.15) is 48.6 Å². The average molecular weight is 1030 g/mol. The Bertz CT molecular complexity index is 3390. The average Bonchev–Trinajstić information content (AvgIpc) is 4.40. The normalized spacial score (nSPS) is 13.2. The van der Waals surface area contributed by atoms with Crippen LogP contribution in [-0.2, 0) is 18.9 Å². The highest BCUT2D eigenvalue weighted by atomic mass is 16.5. The Balaban J connectivity index is 0.000000187. The van der Waals surface area contributed by atoms with Crippen molar-refractivity contribution in [3.63, 3.8) is 0 Å². The monoisotopic (exact) mass is 1020 g/mol. The summed E-state index contributed by atoms with van der Waals surface area (Å²) in [4.78, 5) is 39.4. The van der Waals surface area contributed by atoms with E-state index in [-0.39, 0.29) is 5.91 Å². The van der Waals surface area contributed by atoms with E-state index in [1.165, 1.54) is 59.3 Å². The highest BCUT2D eigenvalue weighted by Gasteiger charge is 2.26. The van der Waals surface area contributed by atoms with Crippen molar-refractivity contribution in [2.75, 3.05) is 114 Å². The van der Waals surface area contributed by atoms with Crippen molar-refractivity contribution in [2.24, 2.45) is 14.1 Å². The third-order valence-corrected chi connectivity index (χ3v) is 14.2. The molecule has 0 aliphatic heterocycles. The number of hydrogen-bond acceptors (Lipinski definition) is 14. The smallest absolute Gasteiger partial charge is 0.247 e. The molecule has 5 N–H and O–H groups in total. The van der Waals surface area contributed by atoms with E-state index in [1.807, 2.05) is 64.6 Å². The van der Waals surface area contributed by atoms with Crippen LogP contribution in [-0.4, -0.2) is 127 Å². The first-order valence-electron chi connectivity index (χ1n) is 25.8. The highest BCUT2D eigenvalue weighted by molar-refractivity contribution is 6.02. The van der Waals surface area contributed by atoms with Crippen LogP contribution < -0.4 is 41.0 Å². The Morgan fingerprint density at radius 3 is 1.55 bits per heavy atom. The Labute approximate surface area is 446 Å². The van der Waals surface area contributed by atoms with Crippen molar-refractivity contribution in [1.29, 1.82) is 0 Å². The minimum absolute atomic E-state index is 0.294. The van der Waals surface area contributed by atoms with Gasteiger partial charge in [-0.1, -0.05) is 30.8 Å². The lowest BCUT2D eigenvalue weighted by Crippen LogP contribution is -2.29. The quantitative estimate of drug-likeness (QED) is 0.0420. The number of methoxy groups -OCH3 is 2. The number of ether oxygens (including phenoxy) is 2. The summed E-state index contributed by atoms with van der Waals surface area (Å²) in [5.41, 5.74) is 19.9. The van der Waals surface area contributed by atoms with Gasteiger partial charge < -0.3 is 59.9 Å². The molecule has 2 saturated carbocycles. The summed E-state index contributed by atoms with van der Waals surface area (Å²) in [6.45, 7) is 6.99. The lowest BCUT2D eigenvalue weighted by atomic mass is 10.1. The van der Waals surface area contributed by atoms with Gasteiger partial charge in [-0.3, -0.25) is 4.79 Å². The number of nitrogens with zero attached hydrogens (tertiary/aromatic N) is 10. The largest absolute Gasteiger partial charge is 0.494 e. The third kappa shape index (κ3) is 12.0. The highest BCUT2D eigenvalue weighted by Crippen LogP contribution is 2.44. The molecule has 17 heteroatoms. The fraction of sp³-hybridized carbons (Fsp3) is 0.339. The number of aryl methyl sites for hydroxylation is 2. The molecule has 0 atom stereocenters. The number of amides is 1. The fourth-order valence-corrected chi connectivity index (χ4v) is 9.49. The molecule has 4 aromatic carbocycles. The molecule has 2 aliphatic carbocycles. The first-order chi connectivity index (χ1) is 36.6. The minimum Gasteiger partial charge on any atom is -0.494 e. The van der Waals surface area contributed by atoms with Crippen LogP contribution in [0.25, 0.3) is 44.3 Å². The Morgan fingerprint density at radius 1 is 0.645 bits per heavy atom. The maximum absolute atomic E-state index is 12.3. The number of benzene rings is 4. The second-order valence-electron chi connectivity index (χ2n) is 20.5. The van der Waals surface area contributed by atoms with Crippen LogP contribution >= 0.6 is 0 Å². The number of nitrogens with two attached hydrogens (primary N) is 1. The molecule has 396 valence electrons. The van der Waals surface area contributed by atoms with Crippen molar-refractivity contribution in [2.45, 2.75) is 37.5 Å². The predicted molar refractivity (Wildman–Crippen MR) is 311 cm³/mol. The van der Waals surface area contributed by atoms with Crippen molar-refractivity contribution in [3.05, 3.63) is 121 Å². The molecule has 0 radical (unpaired) electrons. The number of nitrogens with one attached hydrogen (secondary N) is 3. The van der Waals surface area contributed by atoms with Gasteiger partial charge in [0, 0.05) is 124 Å². The van der Waals surface area contributed by atoms with Crippen LogP contribution in [0.3, 0.4) is 0 Å². The summed E-state index contributed by atoms with van der Waals surface area (Å²) in [6.07, 6.45) is 14.2. The second kappa shape index (κ2) is 22.8. The Kier molecular flexibility index (Phi) is 15.8. The molecule has 10 rings (SSSR count).